The van der Waals surface area contributed by atoms with E-state index < -0.39 is 5.60 Å². The van der Waals surface area contributed by atoms with E-state index in [4.69, 9.17) is 14.2 Å². The first-order valence-corrected chi connectivity index (χ1v) is 10.1. The molecule has 150 valence electrons. The Balaban J connectivity index is 1.96. The van der Waals surface area contributed by atoms with Crippen LogP contribution in [-0.2, 0) is 23.8 Å². The highest BCUT2D eigenvalue weighted by molar-refractivity contribution is 5.91. The predicted octanol–water partition coefficient (Wildman–Crippen LogP) is 4.11. The average molecular weight is 376 g/mol. The second kappa shape index (κ2) is 7.78. The number of allylic oxidation sites excluding steroid dienone is 2. The zero-order chi connectivity index (χ0) is 19.8. The van der Waals surface area contributed by atoms with E-state index in [9.17, 15) is 9.59 Å². The van der Waals surface area contributed by atoms with Crippen LogP contribution >= 0.6 is 0 Å². The van der Waals surface area contributed by atoms with E-state index in [0.29, 0.717) is 18.4 Å². The molecule has 0 N–H and O–H groups in total. The molecule has 3 heterocycles. The molecule has 0 aromatic carbocycles. The zero-order valence-corrected chi connectivity index (χ0v) is 17.0. The lowest BCUT2D eigenvalue weighted by Crippen LogP contribution is -2.55. The van der Waals surface area contributed by atoms with Crippen molar-refractivity contribution in [1.29, 1.82) is 0 Å². The molecule has 0 aromatic rings. The van der Waals surface area contributed by atoms with Crippen LogP contribution in [0.2, 0.25) is 0 Å². The Labute approximate surface area is 162 Å². The Hall–Kier alpha value is -1.62. The largest absolute Gasteiger partial charge is 0.457 e. The van der Waals surface area contributed by atoms with Crippen LogP contribution in [0.1, 0.15) is 66.2 Å². The van der Waals surface area contributed by atoms with Gasteiger partial charge in [-0.3, -0.25) is 4.79 Å². The molecular weight excluding hydrogens is 344 g/mol. The molecule has 0 amide bonds. The molecule has 5 nitrogen and oxygen atoms in total. The molecular formula is C22H32O5. The maximum atomic E-state index is 12.2. The maximum Gasteiger partial charge on any atom is 0.334 e. The molecule has 2 saturated heterocycles. The fraction of sp³-hybridized carbons (Fsp3) is 0.727. The normalized spacial score (nSPS) is 40.1. The third-order valence-electron chi connectivity index (χ3n) is 6.45. The van der Waals surface area contributed by atoms with Gasteiger partial charge in [0.05, 0.1) is 12.2 Å². The van der Waals surface area contributed by atoms with Gasteiger partial charge in [-0.25, -0.2) is 4.79 Å². The summed E-state index contributed by atoms with van der Waals surface area (Å²) >= 11 is 0. The van der Waals surface area contributed by atoms with Crippen LogP contribution in [0.25, 0.3) is 0 Å². The molecule has 6 atom stereocenters. The standard InChI is InChI=1S/C22H32O5/c1-13-8-6-10-14(2)19-20-17(15(3)21(24)26-20)12-18(25-19)22(5,11-7-9-13)27-16(4)23/h9,14,17-20H,3,6-8,10-12H2,1-2,4-5H3. The summed E-state index contributed by atoms with van der Waals surface area (Å²) in [7, 11) is 0. The molecule has 0 aromatic heterocycles. The quantitative estimate of drug-likeness (QED) is 0.391. The van der Waals surface area contributed by atoms with Crippen molar-refractivity contribution < 1.29 is 23.8 Å². The van der Waals surface area contributed by atoms with E-state index in [0.717, 1.165) is 25.7 Å². The van der Waals surface area contributed by atoms with Crippen molar-refractivity contribution in [1.82, 2.24) is 0 Å². The Morgan fingerprint density at radius 3 is 2.81 bits per heavy atom. The first kappa shape index (κ1) is 20.1. The molecule has 0 spiro atoms. The summed E-state index contributed by atoms with van der Waals surface area (Å²) in [6.07, 6.45) is 6.73. The van der Waals surface area contributed by atoms with Gasteiger partial charge in [0.15, 0.2) is 0 Å². The molecule has 2 bridgehead atoms. The molecule has 3 rings (SSSR count). The molecule has 5 heteroatoms. The molecule has 0 radical (unpaired) electrons. The molecule has 3 aliphatic rings. The molecule has 0 aliphatic carbocycles. The van der Waals surface area contributed by atoms with Gasteiger partial charge in [0, 0.05) is 18.4 Å². The highest BCUT2D eigenvalue weighted by atomic mass is 16.6. The van der Waals surface area contributed by atoms with Crippen molar-refractivity contribution in [3.8, 4) is 0 Å². The van der Waals surface area contributed by atoms with Crippen molar-refractivity contribution >= 4 is 11.9 Å². The number of fused-ring (bicyclic) bond motifs is 4. The number of esters is 2. The highest BCUT2D eigenvalue weighted by Crippen LogP contribution is 2.45. The highest BCUT2D eigenvalue weighted by Gasteiger charge is 2.54. The first-order chi connectivity index (χ1) is 12.7. The minimum atomic E-state index is -0.739. The van der Waals surface area contributed by atoms with Gasteiger partial charge in [-0.15, -0.1) is 0 Å². The number of ether oxygens (including phenoxy) is 3. The van der Waals surface area contributed by atoms with Crippen LogP contribution in [0.5, 0.6) is 0 Å². The Morgan fingerprint density at radius 2 is 2.11 bits per heavy atom. The minimum absolute atomic E-state index is 0.0706. The number of hydrogen-bond acceptors (Lipinski definition) is 5. The van der Waals surface area contributed by atoms with Crippen LogP contribution in [0.15, 0.2) is 23.8 Å². The molecule has 0 saturated carbocycles. The van der Waals surface area contributed by atoms with E-state index in [1.54, 1.807) is 0 Å². The predicted molar refractivity (Wildman–Crippen MR) is 102 cm³/mol. The van der Waals surface area contributed by atoms with Gasteiger partial charge < -0.3 is 14.2 Å². The smallest absolute Gasteiger partial charge is 0.334 e. The zero-order valence-electron chi connectivity index (χ0n) is 17.0. The van der Waals surface area contributed by atoms with Gasteiger partial charge in [0.2, 0.25) is 0 Å². The molecule has 3 aliphatic heterocycles. The van der Waals surface area contributed by atoms with Gasteiger partial charge in [-0.05, 0) is 58.3 Å². The summed E-state index contributed by atoms with van der Waals surface area (Å²) in [4.78, 5) is 24.0. The van der Waals surface area contributed by atoms with Crippen molar-refractivity contribution in [2.24, 2.45) is 11.8 Å². The minimum Gasteiger partial charge on any atom is -0.457 e. The number of carbonyl (C=O) groups is 2. The summed E-state index contributed by atoms with van der Waals surface area (Å²) in [6.45, 7) is 11.7. The molecule has 6 unspecified atom stereocenters. The van der Waals surface area contributed by atoms with Crippen LogP contribution in [0.3, 0.4) is 0 Å². The summed E-state index contributed by atoms with van der Waals surface area (Å²) in [6, 6.07) is 0. The summed E-state index contributed by atoms with van der Waals surface area (Å²) in [5, 5.41) is 0. The lowest BCUT2D eigenvalue weighted by atomic mass is 9.76. The molecule has 27 heavy (non-hydrogen) atoms. The lowest BCUT2D eigenvalue weighted by molar-refractivity contribution is -0.220. The van der Waals surface area contributed by atoms with Gasteiger partial charge in [-0.1, -0.05) is 25.2 Å². The van der Waals surface area contributed by atoms with Gasteiger partial charge in [0.1, 0.15) is 11.7 Å². The van der Waals surface area contributed by atoms with E-state index in [-0.39, 0.29) is 42.1 Å². The SMILES string of the molecule is C=C1C(=O)OC2C1CC1OC2C(C)CCCC(C)=CCCC1(C)OC(C)=O. The third-order valence-corrected chi connectivity index (χ3v) is 6.45. The Bertz CT molecular complexity index is 651. The third kappa shape index (κ3) is 4.13. The van der Waals surface area contributed by atoms with Gasteiger partial charge >= 0.3 is 11.9 Å². The van der Waals surface area contributed by atoms with E-state index >= 15 is 0 Å². The second-order valence-corrected chi connectivity index (χ2v) is 8.69. The summed E-state index contributed by atoms with van der Waals surface area (Å²) in [5.74, 6) is -0.452. The van der Waals surface area contributed by atoms with Crippen molar-refractivity contribution in [2.45, 2.75) is 90.1 Å². The van der Waals surface area contributed by atoms with Crippen LogP contribution in [-0.4, -0.2) is 35.9 Å². The number of hydrogen-bond donors (Lipinski definition) is 0. The van der Waals surface area contributed by atoms with Gasteiger partial charge in [-0.2, -0.15) is 0 Å². The van der Waals surface area contributed by atoms with Crippen molar-refractivity contribution in [3.05, 3.63) is 23.8 Å². The van der Waals surface area contributed by atoms with E-state index in [1.807, 2.05) is 6.92 Å². The number of rotatable bonds is 1. The van der Waals surface area contributed by atoms with Gasteiger partial charge in [0.25, 0.3) is 0 Å². The fourth-order valence-corrected chi connectivity index (χ4v) is 4.79. The topological polar surface area (TPSA) is 61.8 Å². The second-order valence-electron chi connectivity index (χ2n) is 8.69. The van der Waals surface area contributed by atoms with E-state index in [1.165, 1.54) is 12.5 Å². The first-order valence-electron chi connectivity index (χ1n) is 10.1. The Kier molecular flexibility index (Phi) is 5.80. The average Bonchev–Trinajstić information content (AvgIpc) is 2.87. The number of carbonyl (C=O) groups excluding carboxylic acids is 2. The maximum absolute atomic E-state index is 12.2. The summed E-state index contributed by atoms with van der Waals surface area (Å²) in [5.41, 5.74) is 1.16. The van der Waals surface area contributed by atoms with E-state index in [2.05, 4.69) is 26.5 Å². The molecule has 2 fully saturated rings. The van der Waals surface area contributed by atoms with Crippen LogP contribution < -0.4 is 0 Å². The van der Waals surface area contributed by atoms with Crippen LogP contribution in [0, 0.1) is 11.8 Å². The van der Waals surface area contributed by atoms with Crippen molar-refractivity contribution in [2.75, 3.05) is 0 Å². The monoisotopic (exact) mass is 376 g/mol. The summed E-state index contributed by atoms with van der Waals surface area (Å²) < 4.78 is 18.0. The lowest BCUT2D eigenvalue weighted by Gasteiger charge is -2.46. The van der Waals surface area contributed by atoms with Crippen LogP contribution in [0.4, 0.5) is 0 Å². The fourth-order valence-electron chi connectivity index (χ4n) is 4.79. The Morgan fingerprint density at radius 1 is 1.37 bits per heavy atom. The van der Waals surface area contributed by atoms with Crippen molar-refractivity contribution in [3.63, 3.8) is 0 Å².